The van der Waals surface area contributed by atoms with E-state index in [-0.39, 0.29) is 49.1 Å². The quantitative estimate of drug-likeness (QED) is 0.338. The number of benzene rings is 1. The van der Waals surface area contributed by atoms with Gasteiger partial charge in [-0.1, -0.05) is 64.4 Å². The molecule has 32 heavy (non-hydrogen) atoms. The molecule has 5 heteroatoms. The van der Waals surface area contributed by atoms with Gasteiger partial charge in [0, 0.05) is 43.5 Å². The first-order chi connectivity index (χ1) is 14.7. The fourth-order valence-electron chi connectivity index (χ4n) is 5.46. The molecule has 0 spiro atoms. The van der Waals surface area contributed by atoms with Crippen LogP contribution in [-0.4, -0.2) is 27.4 Å². The predicted molar refractivity (Wildman–Crippen MR) is 123 cm³/mol. The van der Waals surface area contributed by atoms with Crippen LogP contribution in [0.5, 0.6) is 0 Å². The minimum atomic E-state index is -0.350. The minimum absolute atomic E-state index is 0. The fraction of sp³-hybridized carbons (Fsp3) is 0.519. The van der Waals surface area contributed by atoms with E-state index in [4.69, 9.17) is 4.42 Å². The Morgan fingerprint density at radius 3 is 2.34 bits per heavy atom. The molecule has 2 N–H and O–H groups in total. The van der Waals surface area contributed by atoms with Crippen molar-refractivity contribution in [1.29, 1.82) is 0 Å². The summed E-state index contributed by atoms with van der Waals surface area (Å²) in [5.74, 6) is 1.30. The Balaban J connectivity index is 0.000000175. The van der Waals surface area contributed by atoms with E-state index < -0.39 is 0 Å². The van der Waals surface area contributed by atoms with Gasteiger partial charge in [-0.15, -0.1) is 17.5 Å². The number of pyridine rings is 1. The van der Waals surface area contributed by atoms with Crippen molar-refractivity contribution < 1.29 is 34.7 Å². The molecule has 5 rings (SSSR count). The number of para-hydroxylation sites is 1. The molecule has 175 valence electrons. The second-order valence-electron chi connectivity index (χ2n) is 10.6. The van der Waals surface area contributed by atoms with Gasteiger partial charge in [-0.05, 0) is 42.1 Å². The SMILES string of the molecule is CC1(C)CCCC2CC(C)(C)C(O)C2C1O.[Ir].[c-]1c(-c2ccccn2)oc2ccccc12. The summed E-state index contributed by atoms with van der Waals surface area (Å²) >= 11 is 0. The molecule has 2 aliphatic rings. The number of aliphatic hydroxyl groups is 2. The zero-order chi connectivity index (χ0) is 22.2. The van der Waals surface area contributed by atoms with Crippen LogP contribution in [0.25, 0.3) is 22.4 Å². The van der Waals surface area contributed by atoms with Gasteiger partial charge in [0.05, 0.1) is 18.0 Å². The Labute approximate surface area is 204 Å². The van der Waals surface area contributed by atoms with Gasteiger partial charge in [0.15, 0.2) is 0 Å². The fourth-order valence-corrected chi connectivity index (χ4v) is 5.46. The number of hydrogen-bond acceptors (Lipinski definition) is 4. The molecule has 4 nitrogen and oxygen atoms in total. The van der Waals surface area contributed by atoms with E-state index in [0.29, 0.717) is 11.7 Å². The van der Waals surface area contributed by atoms with Crippen LogP contribution in [0, 0.1) is 28.7 Å². The molecular formula is C27H34IrNO3-. The number of rotatable bonds is 1. The van der Waals surface area contributed by atoms with Crippen molar-refractivity contribution >= 4 is 11.0 Å². The second-order valence-corrected chi connectivity index (χ2v) is 10.6. The summed E-state index contributed by atoms with van der Waals surface area (Å²) in [6.07, 6.45) is 5.55. The van der Waals surface area contributed by atoms with E-state index in [1.807, 2.05) is 42.5 Å². The molecule has 2 aromatic heterocycles. The molecule has 0 bridgehead atoms. The van der Waals surface area contributed by atoms with Crippen LogP contribution in [0.2, 0.25) is 0 Å². The number of fused-ring (bicyclic) bond motifs is 2. The van der Waals surface area contributed by atoms with Crippen molar-refractivity contribution in [2.75, 3.05) is 0 Å². The maximum absolute atomic E-state index is 10.5. The summed E-state index contributed by atoms with van der Waals surface area (Å²) in [5, 5.41) is 21.9. The standard InChI is InChI=1S/C14H26O2.C13H8NO.Ir/c1-13(2)7-5-6-9-8-14(3,4)12(16)10(9)11(13)15;1-2-7-12-10(5-1)9-13(15-12)11-6-3-4-8-14-11;/h9-12,15-16H,5-8H2,1-4H3;1-8H;/q;-1;. The van der Waals surface area contributed by atoms with E-state index in [9.17, 15) is 10.2 Å². The minimum Gasteiger partial charge on any atom is -0.518 e. The first-order valence-electron chi connectivity index (χ1n) is 11.4. The molecule has 2 saturated carbocycles. The third-order valence-electron chi connectivity index (χ3n) is 7.30. The Morgan fingerprint density at radius 2 is 1.66 bits per heavy atom. The third kappa shape index (κ3) is 5.02. The molecule has 0 amide bonds. The first kappa shape index (κ1) is 25.1. The molecule has 2 aliphatic carbocycles. The van der Waals surface area contributed by atoms with Gasteiger partial charge in [0.25, 0.3) is 0 Å². The molecule has 4 atom stereocenters. The zero-order valence-corrected chi connectivity index (χ0v) is 21.7. The van der Waals surface area contributed by atoms with Crippen molar-refractivity contribution in [3.8, 4) is 11.5 Å². The van der Waals surface area contributed by atoms with E-state index in [2.05, 4.69) is 38.7 Å². The summed E-state index contributed by atoms with van der Waals surface area (Å²) in [6, 6.07) is 16.7. The summed E-state index contributed by atoms with van der Waals surface area (Å²) in [5.41, 5.74) is 1.59. The normalized spacial score (nSPS) is 28.1. The van der Waals surface area contributed by atoms with Crippen LogP contribution in [0.4, 0.5) is 0 Å². The Hall–Kier alpha value is -1.52. The van der Waals surface area contributed by atoms with Gasteiger partial charge < -0.3 is 19.6 Å². The summed E-state index contributed by atoms with van der Waals surface area (Å²) in [6.45, 7) is 8.54. The van der Waals surface area contributed by atoms with Crippen LogP contribution < -0.4 is 0 Å². The second kappa shape index (κ2) is 9.77. The number of nitrogens with zero attached hydrogens (tertiary/aromatic N) is 1. The molecule has 0 aliphatic heterocycles. The maximum Gasteiger partial charge on any atom is 0.0646 e. The largest absolute Gasteiger partial charge is 0.518 e. The molecule has 2 fully saturated rings. The van der Waals surface area contributed by atoms with Crippen molar-refractivity contribution in [2.24, 2.45) is 22.7 Å². The summed E-state index contributed by atoms with van der Waals surface area (Å²) in [7, 11) is 0. The van der Waals surface area contributed by atoms with Crippen molar-refractivity contribution in [2.45, 2.75) is 65.6 Å². The molecule has 2 heterocycles. The number of hydrogen-bond donors (Lipinski definition) is 2. The van der Waals surface area contributed by atoms with Gasteiger partial charge in [0.1, 0.15) is 0 Å². The van der Waals surface area contributed by atoms with Crippen LogP contribution in [0.1, 0.15) is 53.4 Å². The zero-order valence-electron chi connectivity index (χ0n) is 19.3. The van der Waals surface area contributed by atoms with Gasteiger partial charge in [-0.25, -0.2) is 0 Å². The molecule has 4 unspecified atom stereocenters. The van der Waals surface area contributed by atoms with Gasteiger partial charge in [-0.3, -0.25) is 0 Å². The monoisotopic (exact) mass is 613 g/mol. The molecule has 0 saturated heterocycles. The van der Waals surface area contributed by atoms with E-state index >= 15 is 0 Å². The van der Waals surface area contributed by atoms with E-state index in [0.717, 1.165) is 29.5 Å². The number of aliphatic hydroxyl groups excluding tert-OH is 2. The Morgan fingerprint density at radius 1 is 0.969 bits per heavy atom. The Bertz CT molecular complexity index is 981. The van der Waals surface area contributed by atoms with Crippen molar-refractivity contribution in [3.05, 3.63) is 54.7 Å². The number of aromatic nitrogens is 1. The third-order valence-corrected chi connectivity index (χ3v) is 7.30. The van der Waals surface area contributed by atoms with Crippen LogP contribution in [0.3, 0.4) is 0 Å². The topological polar surface area (TPSA) is 66.5 Å². The van der Waals surface area contributed by atoms with Crippen molar-refractivity contribution in [3.63, 3.8) is 0 Å². The van der Waals surface area contributed by atoms with Gasteiger partial charge in [-0.2, -0.15) is 0 Å². The average Bonchev–Trinajstić information content (AvgIpc) is 3.24. The van der Waals surface area contributed by atoms with Gasteiger partial charge >= 0.3 is 0 Å². The van der Waals surface area contributed by atoms with Crippen LogP contribution in [-0.2, 0) is 20.1 Å². The Kier molecular flexibility index (Phi) is 7.66. The van der Waals surface area contributed by atoms with Crippen LogP contribution in [0.15, 0.2) is 53.1 Å². The smallest absolute Gasteiger partial charge is 0.0646 e. The molecule has 3 aromatic rings. The maximum atomic E-state index is 10.5. The van der Waals surface area contributed by atoms with E-state index in [1.54, 1.807) is 6.20 Å². The van der Waals surface area contributed by atoms with Crippen molar-refractivity contribution in [1.82, 2.24) is 4.98 Å². The molecule has 1 aromatic carbocycles. The first-order valence-corrected chi connectivity index (χ1v) is 11.4. The molecule has 1 radical (unpaired) electrons. The summed E-state index contributed by atoms with van der Waals surface area (Å²) in [4.78, 5) is 4.22. The predicted octanol–water partition coefficient (Wildman–Crippen LogP) is 5.87. The average molecular weight is 613 g/mol. The number of furan rings is 1. The van der Waals surface area contributed by atoms with Gasteiger partial charge in [0.2, 0.25) is 0 Å². The van der Waals surface area contributed by atoms with Crippen LogP contribution >= 0.6 is 0 Å². The molecular weight excluding hydrogens is 579 g/mol. The van der Waals surface area contributed by atoms with E-state index in [1.165, 1.54) is 12.8 Å². The summed E-state index contributed by atoms with van der Waals surface area (Å²) < 4.78 is 5.64.